The van der Waals surface area contributed by atoms with Gasteiger partial charge >= 0.3 is 0 Å². The number of carbonyl (C=O) groups is 1. The first-order valence-electron chi connectivity index (χ1n) is 5.51. The molecule has 0 N–H and O–H groups in total. The Hall–Kier alpha value is -0.850. The molecule has 0 spiro atoms. The Morgan fingerprint density at radius 2 is 2.21 bits per heavy atom. The van der Waals surface area contributed by atoms with Crippen molar-refractivity contribution < 1.29 is 4.79 Å². The molecule has 0 aliphatic heterocycles. The van der Waals surface area contributed by atoms with E-state index in [1.807, 2.05) is 0 Å². The van der Waals surface area contributed by atoms with Crippen LogP contribution in [0, 0.1) is 23.2 Å². The summed E-state index contributed by atoms with van der Waals surface area (Å²) in [6.45, 7) is 4.75. The fraction of sp³-hybridized carbons (Fsp3) is 0.615. The second kappa shape index (κ2) is 2.39. The minimum absolute atomic E-state index is 0.0788. The van der Waals surface area contributed by atoms with Crippen LogP contribution in [0.5, 0.6) is 0 Å². The van der Waals surface area contributed by atoms with Crippen LogP contribution >= 0.6 is 0 Å². The Kier molecular flexibility index (Phi) is 1.44. The third-order valence-corrected chi connectivity index (χ3v) is 4.61. The number of rotatable bonds is 1. The van der Waals surface area contributed by atoms with Gasteiger partial charge in [-0.1, -0.05) is 26.0 Å². The molecule has 4 aliphatic carbocycles. The molecule has 0 aromatic rings. The molecule has 1 heteroatoms. The van der Waals surface area contributed by atoms with Crippen LogP contribution in [0.15, 0.2) is 23.3 Å². The van der Waals surface area contributed by atoms with Gasteiger partial charge in [0.05, 0.1) is 5.92 Å². The molecule has 1 nitrogen and oxygen atoms in total. The topological polar surface area (TPSA) is 17.1 Å². The first-order valence-corrected chi connectivity index (χ1v) is 5.51. The van der Waals surface area contributed by atoms with E-state index >= 15 is 0 Å². The van der Waals surface area contributed by atoms with Crippen molar-refractivity contribution in [1.29, 1.82) is 0 Å². The van der Waals surface area contributed by atoms with Gasteiger partial charge in [0, 0.05) is 0 Å². The molecule has 0 amide bonds. The predicted molar refractivity (Wildman–Crippen MR) is 55.7 cm³/mol. The van der Waals surface area contributed by atoms with Crippen molar-refractivity contribution in [3.8, 4) is 0 Å². The number of hydrogen-bond donors (Lipinski definition) is 0. The first-order chi connectivity index (χ1) is 6.63. The van der Waals surface area contributed by atoms with E-state index in [1.165, 1.54) is 24.0 Å². The average molecular weight is 188 g/mol. The second-order valence-electron chi connectivity index (χ2n) is 5.54. The third kappa shape index (κ3) is 0.832. The van der Waals surface area contributed by atoms with E-state index in [2.05, 4.69) is 26.0 Å². The molecule has 2 bridgehead atoms. The predicted octanol–water partition coefficient (Wildman–Crippen LogP) is 2.73. The fourth-order valence-corrected chi connectivity index (χ4v) is 3.45. The van der Waals surface area contributed by atoms with Crippen LogP contribution in [0.2, 0.25) is 0 Å². The van der Waals surface area contributed by atoms with Crippen molar-refractivity contribution in [1.82, 2.24) is 0 Å². The molecule has 3 fully saturated rings. The normalized spacial score (nSPS) is 42.0. The molecule has 0 aromatic carbocycles. The minimum atomic E-state index is 0.0788. The molecule has 3 atom stereocenters. The maximum absolute atomic E-state index is 10.7. The van der Waals surface area contributed by atoms with Gasteiger partial charge in [-0.15, -0.1) is 0 Å². The van der Waals surface area contributed by atoms with E-state index in [0.29, 0.717) is 5.41 Å². The Labute approximate surface area is 84.9 Å². The summed E-state index contributed by atoms with van der Waals surface area (Å²) in [5.41, 5.74) is 3.46. The molecule has 0 heterocycles. The average Bonchev–Trinajstić information content (AvgIpc) is 2.59. The van der Waals surface area contributed by atoms with Gasteiger partial charge in [-0.2, -0.15) is 0 Å². The van der Waals surface area contributed by atoms with Gasteiger partial charge in [-0.05, 0) is 41.2 Å². The summed E-state index contributed by atoms with van der Waals surface area (Å²) in [4.78, 5) is 10.7. The van der Waals surface area contributed by atoms with Gasteiger partial charge in [-0.3, -0.25) is 0 Å². The molecule has 0 radical (unpaired) electrons. The van der Waals surface area contributed by atoms with Crippen molar-refractivity contribution in [3.05, 3.63) is 23.3 Å². The lowest BCUT2D eigenvalue weighted by molar-refractivity contribution is -0.108. The first kappa shape index (κ1) is 8.46. The molecule has 0 aromatic heterocycles. The highest BCUT2D eigenvalue weighted by Crippen LogP contribution is 2.63. The Balaban J connectivity index is 2.00. The van der Waals surface area contributed by atoms with E-state index in [1.54, 1.807) is 0 Å². The van der Waals surface area contributed by atoms with Crippen LogP contribution in [0.1, 0.15) is 26.7 Å². The molecule has 0 saturated heterocycles. The van der Waals surface area contributed by atoms with Crippen LogP contribution in [0.4, 0.5) is 0 Å². The standard InChI is InChI=1S/C13H16O/c1-13(2)10-5-9-3-8(7-14)4-11(9)12(13)6-10/h3-4,7-8,10,12H,5-6H2,1-2H3. The maximum Gasteiger partial charge on any atom is 0.130 e. The summed E-state index contributed by atoms with van der Waals surface area (Å²) in [6, 6.07) is 0. The second-order valence-corrected chi connectivity index (χ2v) is 5.54. The lowest BCUT2D eigenvalue weighted by Crippen LogP contribution is -2.49. The molecular formula is C13H16O. The molecule has 14 heavy (non-hydrogen) atoms. The van der Waals surface area contributed by atoms with Crippen LogP contribution < -0.4 is 0 Å². The monoisotopic (exact) mass is 188 g/mol. The van der Waals surface area contributed by atoms with E-state index in [4.69, 9.17) is 0 Å². The van der Waals surface area contributed by atoms with Crippen molar-refractivity contribution in [3.63, 3.8) is 0 Å². The highest BCUT2D eigenvalue weighted by Gasteiger charge is 2.54. The Morgan fingerprint density at radius 3 is 2.86 bits per heavy atom. The minimum Gasteiger partial charge on any atom is -0.302 e. The lowest BCUT2D eigenvalue weighted by atomic mass is 9.47. The third-order valence-electron chi connectivity index (χ3n) is 4.61. The molecule has 4 aliphatic rings. The zero-order valence-electron chi connectivity index (χ0n) is 8.79. The van der Waals surface area contributed by atoms with Gasteiger partial charge in [-0.25, -0.2) is 0 Å². The number of hydrogen-bond acceptors (Lipinski definition) is 1. The van der Waals surface area contributed by atoms with Crippen LogP contribution in [0.3, 0.4) is 0 Å². The molecular weight excluding hydrogens is 172 g/mol. The van der Waals surface area contributed by atoms with Gasteiger partial charge in [0.25, 0.3) is 0 Å². The summed E-state index contributed by atoms with van der Waals surface area (Å²) >= 11 is 0. The van der Waals surface area contributed by atoms with Crippen LogP contribution in [-0.2, 0) is 4.79 Å². The van der Waals surface area contributed by atoms with Crippen molar-refractivity contribution in [2.45, 2.75) is 26.7 Å². The van der Waals surface area contributed by atoms with E-state index < -0.39 is 0 Å². The van der Waals surface area contributed by atoms with Gasteiger partial charge in [0.1, 0.15) is 6.29 Å². The molecule has 3 unspecified atom stereocenters. The smallest absolute Gasteiger partial charge is 0.130 e. The zero-order chi connectivity index (χ0) is 9.92. The highest BCUT2D eigenvalue weighted by atomic mass is 16.1. The summed E-state index contributed by atoms with van der Waals surface area (Å²) in [5, 5.41) is 0. The SMILES string of the molecule is CC1(C)C2CC3=CC(C=O)C=C3C1C2. The Bertz CT molecular complexity index is 359. The maximum atomic E-state index is 10.7. The number of aldehydes is 1. The van der Waals surface area contributed by atoms with E-state index in [9.17, 15) is 4.79 Å². The van der Waals surface area contributed by atoms with Crippen molar-refractivity contribution in [2.75, 3.05) is 0 Å². The quantitative estimate of drug-likeness (QED) is 0.578. The fourth-order valence-electron chi connectivity index (χ4n) is 3.45. The Morgan fingerprint density at radius 1 is 1.43 bits per heavy atom. The summed E-state index contributed by atoms with van der Waals surface area (Å²) < 4.78 is 0. The lowest BCUT2D eigenvalue weighted by Gasteiger charge is -2.58. The number of carbonyl (C=O) groups excluding carboxylic acids is 1. The van der Waals surface area contributed by atoms with Gasteiger partial charge in [0.2, 0.25) is 0 Å². The molecule has 4 rings (SSSR count). The summed E-state index contributed by atoms with van der Waals surface area (Å²) in [6.07, 6.45) is 7.96. The summed E-state index contributed by atoms with van der Waals surface area (Å²) in [7, 11) is 0. The van der Waals surface area contributed by atoms with E-state index in [-0.39, 0.29) is 5.92 Å². The molecule has 74 valence electrons. The van der Waals surface area contributed by atoms with Crippen LogP contribution in [0.25, 0.3) is 0 Å². The van der Waals surface area contributed by atoms with Gasteiger partial charge in [0.15, 0.2) is 0 Å². The summed E-state index contributed by atoms with van der Waals surface area (Å²) in [5.74, 6) is 1.67. The highest BCUT2D eigenvalue weighted by molar-refractivity contribution is 5.66. The zero-order valence-corrected chi connectivity index (χ0v) is 8.79. The molecule has 3 saturated carbocycles. The van der Waals surface area contributed by atoms with Crippen LogP contribution in [-0.4, -0.2) is 6.29 Å². The number of allylic oxidation sites excluding steroid dienone is 4. The van der Waals surface area contributed by atoms with Crippen molar-refractivity contribution in [2.24, 2.45) is 23.2 Å². The van der Waals surface area contributed by atoms with Crippen molar-refractivity contribution >= 4 is 6.29 Å². The largest absolute Gasteiger partial charge is 0.302 e. The van der Waals surface area contributed by atoms with Gasteiger partial charge < -0.3 is 4.79 Å². The van der Waals surface area contributed by atoms with E-state index in [0.717, 1.165) is 18.1 Å².